The highest BCUT2D eigenvalue weighted by Gasteiger charge is 2.28. The fourth-order valence-electron chi connectivity index (χ4n) is 5.30. The molecular weight excluding hydrogens is 576 g/mol. The van der Waals surface area contributed by atoms with Crippen LogP contribution in [0.4, 0.5) is 11.4 Å². The van der Waals surface area contributed by atoms with Crippen molar-refractivity contribution in [1.82, 2.24) is 8.61 Å². The van der Waals surface area contributed by atoms with E-state index in [0.717, 1.165) is 64.2 Å². The second-order valence-electron chi connectivity index (χ2n) is 11.0. The molecule has 0 radical (unpaired) electrons. The molecular formula is C30H42N4O6S2. The number of rotatable bonds is 15. The van der Waals surface area contributed by atoms with Crippen molar-refractivity contribution in [1.29, 1.82) is 0 Å². The molecule has 0 aliphatic carbocycles. The number of nitrogens with zero attached hydrogens (tertiary/aromatic N) is 2. The van der Waals surface area contributed by atoms with Gasteiger partial charge >= 0.3 is 0 Å². The number of anilines is 2. The molecule has 2 fully saturated rings. The van der Waals surface area contributed by atoms with Gasteiger partial charge in [0.2, 0.25) is 31.9 Å². The van der Waals surface area contributed by atoms with Crippen molar-refractivity contribution in [2.24, 2.45) is 0 Å². The standard InChI is InChI=1S/C30H42N4O6S2/c35-29(31-25-13-17-27(18-14-25)41(37,38)33-21-7-8-22-33)11-5-3-1-2-4-6-12-30(36)32-26-15-19-28(20-16-26)42(39,40)34-23-9-10-24-34/h13-20H,1-12,21-24H2,(H,31,35)(H,32,36). The summed E-state index contributed by atoms with van der Waals surface area (Å²) in [6, 6.07) is 12.7. The summed E-state index contributed by atoms with van der Waals surface area (Å²) in [5, 5.41) is 5.67. The Kier molecular flexibility index (Phi) is 11.5. The maximum Gasteiger partial charge on any atom is 0.243 e. The van der Waals surface area contributed by atoms with Crippen LogP contribution in [0.15, 0.2) is 58.3 Å². The van der Waals surface area contributed by atoms with Crippen molar-refractivity contribution in [2.75, 3.05) is 36.8 Å². The molecule has 2 amide bonds. The van der Waals surface area contributed by atoms with Gasteiger partial charge in [0, 0.05) is 50.4 Å². The average molecular weight is 619 g/mol. The van der Waals surface area contributed by atoms with Crippen LogP contribution in [0.1, 0.15) is 77.0 Å². The maximum absolute atomic E-state index is 12.6. The number of benzene rings is 2. The van der Waals surface area contributed by atoms with Gasteiger partial charge in [-0.1, -0.05) is 25.7 Å². The zero-order valence-electron chi connectivity index (χ0n) is 24.1. The summed E-state index contributed by atoms with van der Waals surface area (Å²) in [7, 11) is -6.92. The summed E-state index contributed by atoms with van der Waals surface area (Å²) in [6.45, 7) is 2.23. The number of sulfonamides is 2. The molecule has 230 valence electrons. The molecule has 0 spiro atoms. The SMILES string of the molecule is O=C(CCCCCCCCC(=O)Nc1ccc(S(=O)(=O)N2CCCC2)cc1)Nc1ccc(S(=O)(=O)N2CCCC2)cc1. The molecule has 2 aromatic rings. The van der Waals surface area contributed by atoms with E-state index in [9.17, 15) is 26.4 Å². The highest BCUT2D eigenvalue weighted by atomic mass is 32.2. The Hall–Kier alpha value is -2.80. The number of nitrogens with one attached hydrogen (secondary N) is 2. The lowest BCUT2D eigenvalue weighted by molar-refractivity contribution is -0.117. The molecule has 2 N–H and O–H groups in total. The fraction of sp³-hybridized carbons (Fsp3) is 0.533. The molecule has 2 aliphatic heterocycles. The molecule has 2 saturated heterocycles. The van der Waals surface area contributed by atoms with E-state index in [0.29, 0.717) is 50.4 Å². The van der Waals surface area contributed by atoms with Gasteiger partial charge in [0.25, 0.3) is 0 Å². The maximum atomic E-state index is 12.6. The van der Waals surface area contributed by atoms with Crippen LogP contribution < -0.4 is 10.6 Å². The van der Waals surface area contributed by atoms with E-state index in [4.69, 9.17) is 0 Å². The van der Waals surface area contributed by atoms with Crippen LogP contribution in [0, 0.1) is 0 Å². The van der Waals surface area contributed by atoms with Gasteiger partial charge in [0.1, 0.15) is 0 Å². The molecule has 4 rings (SSSR count). The molecule has 0 aromatic heterocycles. The Bertz CT molecular complexity index is 1290. The van der Waals surface area contributed by atoms with Crippen molar-refractivity contribution < 1.29 is 26.4 Å². The van der Waals surface area contributed by atoms with Gasteiger partial charge in [-0.2, -0.15) is 8.61 Å². The third kappa shape index (κ3) is 8.85. The van der Waals surface area contributed by atoms with E-state index < -0.39 is 20.0 Å². The predicted molar refractivity (Wildman–Crippen MR) is 163 cm³/mol. The number of hydrogen-bond acceptors (Lipinski definition) is 6. The lowest BCUT2D eigenvalue weighted by Crippen LogP contribution is -2.27. The van der Waals surface area contributed by atoms with Crippen LogP contribution in [0.25, 0.3) is 0 Å². The highest BCUT2D eigenvalue weighted by Crippen LogP contribution is 2.24. The van der Waals surface area contributed by atoms with E-state index in [1.807, 2.05) is 0 Å². The molecule has 42 heavy (non-hydrogen) atoms. The lowest BCUT2D eigenvalue weighted by atomic mass is 10.1. The second kappa shape index (κ2) is 15.1. The lowest BCUT2D eigenvalue weighted by Gasteiger charge is -2.15. The van der Waals surface area contributed by atoms with E-state index in [-0.39, 0.29) is 21.6 Å². The molecule has 0 atom stereocenters. The predicted octanol–water partition coefficient (Wildman–Crippen LogP) is 4.95. The number of carbonyl (C=O) groups is 2. The van der Waals surface area contributed by atoms with Crippen molar-refractivity contribution in [2.45, 2.75) is 86.8 Å². The Morgan fingerprint density at radius 1 is 0.524 bits per heavy atom. The summed E-state index contributed by atoms with van der Waals surface area (Å²) in [5.74, 6) is -0.188. The monoisotopic (exact) mass is 618 g/mol. The van der Waals surface area contributed by atoms with Gasteiger partial charge in [-0.3, -0.25) is 9.59 Å². The van der Waals surface area contributed by atoms with Gasteiger partial charge in [0.05, 0.1) is 9.79 Å². The van der Waals surface area contributed by atoms with E-state index in [1.165, 1.54) is 8.61 Å². The minimum absolute atomic E-state index is 0.0940. The Labute approximate surface area is 250 Å². The van der Waals surface area contributed by atoms with Crippen LogP contribution in [-0.4, -0.2) is 63.4 Å². The molecule has 0 saturated carbocycles. The van der Waals surface area contributed by atoms with Crippen molar-refractivity contribution in [3.63, 3.8) is 0 Å². The van der Waals surface area contributed by atoms with Gasteiger partial charge < -0.3 is 10.6 Å². The van der Waals surface area contributed by atoms with Gasteiger partial charge in [0.15, 0.2) is 0 Å². The summed E-state index contributed by atoms with van der Waals surface area (Å²) < 4.78 is 53.5. The molecule has 0 unspecified atom stereocenters. The molecule has 2 aromatic carbocycles. The fourth-order valence-corrected chi connectivity index (χ4v) is 8.33. The van der Waals surface area contributed by atoms with Gasteiger partial charge in [-0.05, 0) is 87.1 Å². The first kappa shape index (κ1) is 32.1. The third-order valence-corrected chi connectivity index (χ3v) is 11.6. The largest absolute Gasteiger partial charge is 0.326 e. The second-order valence-corrected chi connectivity index (χ2v) is 14.9. The first-order chi connectivity index (χ1) is 20.2. The van der Waals surface area contributed by atoms with E-state index in [1.54, 1.807) is 48.5 Å². The first-order valence-electron chi connectivity index (χ1n) is 15.0. The topological polar surface area (TPSA) is 133 Å². The summed E-state index contributed by atoms with van der Waals surface area (Å²) >= 11 is 0. The summed E-state index contributed by atoms with van der Waals surface area (Å²) in [4.78, 5) is 25.1. The molecule has 10 nitrogen and oxygen atoms in total. The van der Waals surface area contributed by atoms with E-state index in [2.05, 4.69) is 10.6 Å². The zero-order valence-corrected chi connectivity index (χ0v) is 25.7. The van der Waals surface area contributed by atoms with Crippen molar-refractivity contribution in [3.8, 4) is 0 Å². The van der Waals surface area contributed by atoms with Gasteiger partial charge in [-0.15, -0.1) is 0 Å². The van der Waals surface area contributed by atoms with Crippen LogP contribution in [0.5, 0.6) is 0 Å². The minimum atomic E-state index is -3.46. The minimum Gasteiger partial charge on any atom is -0.326 e. The summed E-state index contributed by atoms with van der Waals surface area (Å²) in [6.07, 6.45) is 9.65. The number of hydrogen-bond donors (Lipinski definition) is 2. The molecule has 0 bridgehead atoms. The average Bonchev–Trinajstić information content (AvgIpc) is 3.71. The zero-order chi connectivity index (χ0) is 30.0. The Morgan fingerprint density at radius 3 is 1.17 bits per heavy atom. The Morgan fingerprint density at radius 2 is 0.833 bits per heavy atom. The smallest absolute Gasteiger partial charge is 0.243 e. The normalized spacial score (nSPS) is 16.5. The Balaban J connectivity index is 1.05. The van der Waals surface area contributed by atoms with Crippen LogP contribution >= 0.6 is 0 Å². The third-order valence-electron chi connectivity index (χ3n) is 7.74. The quantitative estimate of drug-likeness (QED) is 0.271. The molecule has 2 heterocycles. The van der Waals surface area contributed by atoms with Crippen LogP contribution in [0.3, 0.4) is 0 Å². The first-order valence-corrected chi connectivity index (χ1v) is 17.8. The van der Waals surface area contributed by atoms with Crippen LogP contribution in [-0.2, 0) is 29.6 Å². The van der Waals surface area contributed by atoms with Crippen molar-refractivity contribution >= 4 is 43.2 Å². The number of carbonyl (C=O) groups excluding carboxylic acids is 2. The summed E-state index contributed by atoms with van der Waals surface area (Å²) in [5.41, 5.74) is 1.17. The van der Waals surface area contributed by atoms with Gasteiger partial charge in [-0.25, -0.2) is 16.8 Å². The van der Waals surface area contributed by atoms with Crippen LogP contribution in [0.2, 0.25) is 0 Å². The highest BCUT2D eigenvalue weighted by molar-refractivity contribution is 7.89. The molecule has 12 heteroatoms. The van der Waals surface area contributed by atoms with E-state index >= 15 is 0 Å². The molecule has 2 aliphatic rings. The number of amides is 2. The number of unbranched alkanes of at least 4 members (excludes halogenated alkanes) is 5. The van der Waals surface area contributed by atoms with Crippen molar-refractivity contribution in [3.05, 3.63) is 48.5 Å².